The van der Waals surface area contributed by atoms with Crippen LogP contribution >= 0.6 is 11.8 Å². The van der Waals surface area contributed by atoms with Crippen LogP contribution in [0.15, 0.2) is 29.2 Å². The highest BCUT2D eigenvalue weighted by Gasteiger charge is 2.24. The number of carboxylic acid groups (broad SMARTS) is 1. The van der Waals surface area contributed by atoms with Crippen molar-refractivity contribution in [2.24, 2.45) is 0 Å². The highest BCUT2D eigenvalue weighted by molar-refractivity contribution is 7.98. The van der Waals surface area contributed by atoms with Crippen LogP contribution in [-0.4, -0.2) is 53.9 Å². The first-order valence-electron chi connectivity index (χ1n) is 6.87. The van der Waals surface area contributed by atoms with Crippen LogP contribution < -0.4 is 0 Å². The lowest BCUT2D eigenvalue weighted by atomic mass is 10.1. The normalized spacial score (nSPS) is 16.0. The zero-order valence-electron chi connectivity index (χ0n) is 11.9. The van der Waals surface area contributed by atoms with Crippen molar-refractivity contribution in [2.75, 3.05) is 26.0 Å². The van der Waals surface area contributed by atoms with Crippen LogP contribution in [0.25, 0.3) is 0 Å². The molecule has 21 heavy (non-hydrogen) atoms. The van der Waals surface area contributed by atoms with Gasteiger partial charge in [0.15, 0.2) is 0 Å². The fourth-order valence-corrected chi connectivity index (χ4v) is 2.74. The molecule has 0 aromatic heterocycles. The molecule has 6 heteroatoms. The van der Waals surface area contributed by atoms with Crippen molar-refractivity contribution < 1.29 is 19.4 Å². The Morgan fingerprint density at radius 2 is 1.90 bits per heavy atom. The zero-order chi connectivity index (χ0) is 15.2. The van der Waals surface area contributed by atoms with Crippen LogP contribution in [0.5, 0.6) is 0 Å². The fourth-order valence-electron chi connectivity index (χ4n) is 2.33. The minimum absolute atomic E-state index is 0.0272. The summed E-state index contributed by atoms with van der Waals surface area (Å²) in [7, 11) is 0. The molecule has 1 aromatic carbocycles. The molecule has 1 aromatic rings. The van der Waals surface area contributed by atoms with Crippen molar-refractivity contribution in [1.29, 1.82) is 0 Å². The number of carbonyl (C=O) groups is 2. The molecule has 0 radical (unpaired) electrons. The van der Waals surface area contributed by atoms with Crippen LogP contribution in [0.2, 0.25) is 0 Å². The molecule has 0 saturated carbocycles. The molecule has 0 spiro atoms. The molecule has 114 valence electrons. The Morgan fingerprint density at radius 3 is 2.43 bits per heavy atom. The maximum absolute atomic E-state index is 12.4. The molecule has 1 fully saturated rings. The van der Waals surface area contributed by atoms with E-state index in [0.29, 0.717) is 31.5 Å². The molecule has 1 N–H and O–H groups in total. The van der Waals surface area contributed by atoms with Gasteiger partial charge in [-0.3, -0.25) is 4.79 Å². The Kier molecular flexibility index (Phi) is 5.64. The van der Waals surface area contributed by atoms with Gasteiger partial charge in [-0.15, -0.1) is 11.8 Å². The number of piperidine rings is 1. The first-order valence-corrected chi connectivity index (χ1v) is 8.09. The third-order valence-electron chi connectivity index (χ3n) is 3.51. The second-order valence-electron chi connectivity index (χ2n) is 4.92. The molecule has 1 saturated heterocycles. The lowest BCUT2D eigenvalue weighted by Gasteiger charge is -2.31. The second-order valence-corrected chi connectivity index (χ2v) is 5.80. The number of amides is 1. The number of carbonyl (C=O) groups excluding carboxylic acids is 1. The minimum atomic E-state index is -0.956. The standard InChI is InChI=1S/C15H19NO4S/c1-21-13-4-2-11(3-5-13)15(19)16-8-6-12(7-9-16)20-10-14(17)18/h2-5,12H,6-10H2,1H3,(H,17,18). The minimum Gasteiger partial charge on any atom is -0.480 e. The Bertz CT molecular complexity index is 495. The summed E-state index contributed by atoms with van der Waals surface area (Å²) in [6, 6.07) is 7.59. The molecule has 0 bridgehead atoms. The van der Waals surface area contributed by atoms with Gasteiger partial charge >= 0.3 is 5.97 Å². The molecule has 0 atom stereocenters. The van der Waals surface area contributed by atoms with Crippen molar-refractivity contribution in [2.45, 2.75) is 23.8 Å². The van der Waals surface area contributed by atoms with E-state index in [1.54, 1.807) is 16.7 Å². The van der Waals surface area contributed by atoms with Gasteiger partial charge in [-0.2, -0.15) is 0 Å². The Hall–Kier alpha value is -1.53. The Balaban J connectivity index is 1.86. The van der Waals surface area contributed by atoms with Gasteiger partial charge in [-0.1, -0.05) is 0 Å². The van der Waals surface area contributed by atoms with Gasteiger partial charge in [0, 0.05) is 23.5 Å². The SMILES string of the molecule is CSc1ccc(C(=O)N2CCC(OCC(=O)O)CC2)cc1. The monoisotopic (exact) mass is 309 g/mol. The van der Waals surface area contributed by atoms with Gasteiger partial charge < -0.3 is 14.7 Å². The van der Waals surface area contributed by atoms with Crippen molar-refractivity contribution in [1.82, 2.24) is 4.90 Å². The van der Waals surface area contributed by atoms with E-state index in [0.717, 1.165) is 4.90 Å². The van der Waals surface area contributed by atoms with E-state index < -0.39 is 5.97 Å². The summed E-state index contributed by atoms with van der Waals surface area (Å²) in [4.78, 5) is 25.7. The fraction of sp³-hybridized carbons (Fsp3) is 0.467. The molecule has 1 aliphatic rings. The van der Waals surface area contributed by atoms with E-state index in [1.807, 2.05) is 30.5 Å². The van der Waals surface area contributed by atoms with E-state index >= 15 is 0 Å². The molecule has 0 aliphatic carbocycles. The summed E-state index contributed by atoms with van der Waals surface area (Å²) in [5.41, 5.74) is 0.692. The number of aliphatic carboxylic acids is 1. The van der Waals surface area contributed by atoms with Gasteiger partial charge in [0.05, 0.1) is 6.10 Å². The number of ether oxygens (including phenoxy) is 1. The van der Waals surface area contributed by atoms with Crippen LogP contribution in [0.4, 0.5) is 0 Å². The van der Waals surface area contributed by atoms with E-state index in [2.05, 4.69) is 0 Å². The maximum atomic E-state index is 12.4. The molecule has 5 nitrogen and oxygen atoms in total. The lowest BCUT2D eigenvalue weighted by molar-refractivity contribution is -0.145. The first kappa shape index (κ1) is 15.9. The van der Waals surface area contributed by atoms with E-state index in [-0.39, 0.29) is 18.6 Å². The molecule has 1 amide bonds. The summed E-state index contributed by atoms with van der Waals surface area (Å²) in [6.07, 6.45) is 3.30. The molecule has 1 aliphatic heterocycles. The molecule has 1 heterocycles. The number of likely N-dealkylation sites (tertiary alicyclic amines) is 1. The summed E-state index contributed by atoms with van der Waals surface area (Å²) >= 11 is 1.64. The number of hydrogen-bond acceptors (Lipinski definition) is 4. The first-order chi connectivity index (χ1) is 10.1. The third kappa shape index (κ3) is 4.47. The van der Waals surface area contributed by atoms with Gasteiger partial charge in [0.1, 0.15) is 6.61 Å². The van der Waals surface area contributed by atoms with Gasteiger partial charge in [0.2, 0.25) is 0 Å². The van der Waals surface area contributed by atoms with Gasteiger partial charge in [0.25, 0.3) is 5.91 Å². The maximum Gasteiger partial charge on any atom is 0.329 e. The second kappa shape index (κ2) is 7.47. The van der Waals surface area contributed by atoms with E-state index in [1.165, 1.54) is 0 Å². The summed E-state index contributed by atoms with van der Waals surface area (Å²) in [6.45, 7) is 0.940. The smallest absolute Gasteiger partial charge is 0.329 e. The molecule has 2 rings (SSSR count). The van der Waals surface area contributed by atoms with Crippen molar-refractivity contribution >= 4 is 23.6 Å². The average Bonchev–Trinajstić information content (AvgIpc) is 2.53. The summed E-state index contributed by atoms with van der Waals surface area (Å²) in [5.74, 6) is -0.929. The quantitative estimate of drug-likeness (QED) is 0.844. The van der Waals surface area contributed by atoms with Crippen molar-refractivity contribution in [3.63, 3.8) is 0 Å². The Morgan fingerprint density at radius 1 is 1.29 bits per heavy atom. The number of hydrogen-bond donors (Lipinski definition) is 1. The van der Waals surface area contributed by atoms with Crippen LogP contribution in [-0.2, 0) is 9.53 Å². The average molecular weight is 309 g/mol. The van der Waals surface area contributed by atoms with Crippen LogP contribution in [0, 0.1) is 0 Å². The zero-order valence-corrected chi connectivity index (χ0v) is 12.8. The molecular formula is C15H19NO4S. The van der Waals surface area contributed by atoms with Crippen molar-refractivity contribution in [3.05, 3.63) is 29.8 Å². The highest BCUT2D eigenvalue weighted by atomic mass is 32.2. The van der Waals surface area contributed by atoms with Crippen LogP contribution in [0.3, 0.4) is 0 Å². The number of thioether (sulfide) groups is 1. The number of rotatable bonds is 5. The highest BCUT2D eigenvalue weighted by Crippen LogP contribution is 2.19. The number of benzene rings is 1. The lowest BCUT2D eigenvalue weighted by Crippen LogP contribution is -2.41. The van der Waals surface area contributed by atoms with E-state index in [9.17, 15) is 9.59 Å². The predicted molar refractivity (Wildman–Crippen MR) is 80.7 cm³/mol. The third-order valence-corrected chi connectivity index (χ3v) is 4.25. The molecule has 0 unspecified atom stereocenters. The van der Waals surface area contributed by atoms with E-state index in [4.69, 9.17) is 9.84 Å². The largest absolute Gasteiger partial charge is 0.480 e. The molecular weight excluding hydrogens is 290 g/mol. The van der Waals surface area contributed by atoms with Crippen molar-refractivity contribution in [3.8, 4) is 0 Å². The van der Waals surface area contributed by atoms with Gasteiger partial charge in [-0.05, 0) is 43.4 Å². The van der Waals surface area contributed by atoms with Gasteiger partial charge in [-0.25, -0.2) is 4.79 Å². The number of carboxylic acids is 1. The summed E-state index contributed by atoms with van der Waals surface area (Å²) in [5, 5.41) is 8.58. The predicted octanol–water partition coefficient (Wildman–Crippen LogP) is 2.11. The van der Waals surface area contributed by atoms with Crippen LogP contribution in [0.1, 0.15) is 23.2 Å². The topological polar surface area (TPSA) is 66.8 Å². The number of nitrogens with zero attached hydrogens (tertiary/aromatic N) is 1. The Labute approximate surface area is 128 Å². The summed E-state index contributed by atoms with van der Waals surface area (Å²) < 4.78 is 5.27.